The molecule has 1 amide bonds. The quantitative estimate of drug-likeness (QED) is 0.654. The van der Waals surface area contributed by atoms with E-state index in [1.807, 2.05) is 0 Å². The second kappa shape index (κ2) is 8.21. The van der Waals surface area contributed by atoms with Crippen molar-refractivity contribution in [2.75, 3.05) is 17.7 Å². The number of esters is 1. The summed E-state index contributed by atoms with van der Waals surface area (Å²) in [4.78, 5) is 31.8. The van der Waals surface area contributed by atoms with E-state index in [4.69, 9.17) is 0 Å². The zero-order valence-electron chi connectivity index (χ0n) is 14.6. The largest absolute Gasteiger partial charge is 0.465 e. The van der Waals surface area contributed by atoms with Gasteiger partial charge in [-0.05, 0) is 30.3 Å². The smallest absolute Gasteiger partial charge is 0.337 e. The lowest BCUT2D eigenvalue weighted by Crippen LogP contribution is -2.15. The van der Waals surface area contributed by atoms with E-state index in [2.05, 4.69) is 25.3 Å². The highest BCUT2D eigenvalue weighted by Crippen LogP contribution is 2.19. The van der Waals surface area contributed by atoms with Gasteiger partial charge in [0.2, 0.25) is 0 Å². The van der Waals surface area contributed by atoms with Crippen LogP contribution in [0.2, 0.25) is 0 Å². The number of carbonyl (C=O) groups excluding carboxylic acids is 2. The monoisotopic (exact) mass is 384 g/mol. The van der Waals surface area contributed by atoms with Crippen molar-refractivity contribution in [3.05, 3.63) is 77.8 Å². The Morgan fingerprint density at radius 1 is 1.04 bits per heavy atom. The fraction of sp³-hybridized carbons (Fsp3) is 0.0526. The molecule has 142 valence electrons. The molecule has 0 aliphatic rings. The van der Waals surface area contributed by atoms with Crippen LogP contribution in [0.1, 0.15) is 20.8 Å². The first-order chi connectivity index (χ1) is 13.5. The van der Waals surface area contributed by atoms with E-state index in [1.165, 1.54) is 31.6 Å². The van der Waals surface area contributed by atoms with E-state index in [1.54, 1.807) is 18.2 Å². The van der Waals surface area contributed by atoms with Gasteiger partial charge in [-0.25, -0.2) is 23.5 Å². The van der Waals surface area contributed by atoms with E-state index in [0.717, 1.165) is 12.1 Å². The lowest BCUT2D eigenvalue weighted by molar-refractivity contribution is 0.0600. The minimum atomic E-state index is -0.783. The number of hydrogen-bond donors (Lipinski definition) is 2. The Balaban J connectivity index is 1.69. The first-order valence-electron chi connectivity index (χ1n) is 8.00. The van der Waals surface area contributed by atoms with Crippen molar-refractivity contribution in [3.8, 4) is 0 Å². The molecule has 0 atom stereocenters. The Bertz CT molecular complexity index is 1030. The van der Waals surface area contributed by atoms with Crippen molar-refractivity contribution < 1.29 is 23.1 Å². The Labute approximate surface area is 158 Å². The average molecular weight is 384 g/mol. The lowest BCUT2D eigenvalue weighted by atomic mass is 10.2. The van der Waals surface area contributed by atoms with Gasteiger partial charge in [-0.15, -0.1) is 0 Å². The molecule has 0 fully saturated rings. The maximum atomic E-state index is 13.7. The molecule has 28 heavy (non-hydrogen) atoms. The zero-order valence-corrected chi connectivity index (χ0v) is 14.6. The van der Waals surface area contributed by atoms with E-state index in [9.17, 15) is 18.4 Å². The predicted molar refractivity (Wildman–Crippen MR) is 97.4 cm³/mol. The number of nitrogens with one attached hydrogen (secondary N) is 2. The van der Waals surface area contributed by atoms with Gasteiger partial charge in [0.15, 0.2) is 0 Å². The summed E-state index contributed by atoms with van der Waals surface area (Å²) in [5, 5.41) is 5.23. The Hall–Kier alpha value is -3.88. The second-order valence-corrected chi connectivity index (χ2v) is 5.56. The molecule has 9 heteroatoms. The van der Waals surface area contributed by atoms with Crippen LogP contribution in [-0.2, 0) is 4.74 Å². The van der Waals surface area contributed by atoms with Crippen LogP contribution in [0.3, 0.4) is 0 Å². The van der Waals surface area contributed by atoms with E-state index < -0.39 is 23.5 Å². The standard InChI is InChI=1S/C19H14F2N4O3/c1-28-19(27)11-3-2-4-13(7-11)24-18(26)16-9-23-17(10-22-16)25-15-6-5-12(20)8-14(15)21/h2-10H,1H3,(H,23,25)(H,24,26). The first-order valence-corrected chi connectivity index (χ1v) is 8.00. The Morgan fingerprint density at radius 3 is 2.54 bits per heavy atom. The van der Waals surface area contributed by atoms with Gasteiger partial charge in [0.1, 0.15) is 23.1 Å². The maximum Gasteiger partial charge on any atom is 0.337 e. The maximum absolute atomic E-state index is 13.7. The summed E-state index contributed by atoms with van der Waals surface area (Å²) in [7, 11) is 1.26. The van der Waals surface area contributed by atoms with Gasteiger partial charge in [0.05, 0.1) is 30.8 Å². The number of aromatic nitrogens is 2. The van der Waals surface area contributed by atoms with Crippen molar-refractivity contribution in [2.24, 2.45) is 0 Å². The predicted octanol–water partition coefficient (Wildman–Crippen LogP) is 3.54. The van der Waals surface area contributed by atoms with Crippen LogP contribution in [-0.4, -0.2) is 29.0 Å². The molecule has 0 aliphatic heterocycles. The van der Waals surface area contributed by atoms with Crippen LogP contribution in [0.15, 0.2) is 54.9 Å². The number of benzene rings is 2. The number of carbonyl (C=O) groups is 2. The molecule has 0 saturated heterocycles. The third-order valence-electron chi connectivity index (χ3n) is 3.62. The number of rotatable bonds is 5. The topological polar surface area (TPSA) is 93.2 Å². The lowest BCUT2D eigenvalue weighted by Gasteiger charge is -2.08. The van der Waals surface area contributed by atoms with Crippen LogP contribution in [0.4, 0.5) is 26.0 Å². The van der Waals surface area contributed by atoms with Gasteiger partial charge in [-0.2, -0.15) is 0 Å². The molecule has 0 aliphatic carbocycles. The minimum absolute atomic E-state index is 0.00796. The molecule has 0 spiro atoms. The van der Waals surface area contributed by atoms with Crippen molar-refractivity contribution in [3.63, 3.8) is 0 Å². The van der Waals surface area contributed by atoms with Crippen LogP contribution in [0.5, 0.6) is 0 Å². The fourth-order valence-electron chi connectivity index (χ4n) is 2.28. The molecule has 1 aromatic heterocycles. The van der Waals surface area contributed by atoms with Gasteiger partial charge in [0.25, 0.3) is 5.91 Å². The first kappa shape index (κ1) is 18.9. The summed E-state index contributed by atoms with van der Waals surface area (Å²) in [6.07, 6.45) is 2.44. The molecule has 2 N–H and O–H groups in total. The van der Waals surface area contributed by atoms with E-state index >= 15 is 0 Å². The summed E-state index contributed by atoms with van der Waals surface area (Å²) in [5.74, 6) is -2.38. The molecule has 0 unspecified atom stereocenters. The van der Waals surface area contributed by atoms with Gasteiger partial charge < -0.3 is 15.4 Å². The summed E-state index contributed by atoms with van der Waals surface area (Å²) < 4.78 is 31.2. The fourth-order valence-corrected chi connectivity index (χ4v) is 2.28. The highest BCUT2D eigenvalue weighted by atomic mass is 19.1. The van der Waals surface area contributed by atoms with Crippen LogP contribution >= 0.6 is 0 Å². The van der Waals surface area contributed by atoms with Gasteiger partial charge in [-0.3, -0.25) is 4.79 Å². The van der Waals surface area contributed by atoms with Crippen molar-refractivity contribution in [1.82, 2.24) is 9.97 Å². The highest BCUT2D eigenvalue weighted by Gasteiger charge is 2.12. The summed E-state index contributed by atoms with van der Waals surface area (Å²) >= 11 is 0. The molecule has 0 saturated carbocycles. The van der Waals surface area contributed by atoms with Crippen molar-refractivity contribution >= 4 is 29.1 Å². The summed E-state index contributed by atoms with van der Waals surface area (Å²) in [6.45, 7) is 0. The minimum Gasteiger partial charge on any atom is -0.465 e. The Kier molecular flexibility index (Phi) is 5.54. The van der Waals surface area contributed by atoms with E-state index in [-0.39, 0.29) is 22.8 Å². The molecule has 0 bridgehead atoms. The molecule has 0 radical (unpaired) electrons. The van der Waals surface area contributed by atoms with E-state index in [0.29, 0.717) is 5.69 Å². The SMILES string of the molecule is COC(=O)c1cccc(NC(=O)c2cnc(Nc3ccc(F)cc3F)cn2)c1. The third-order valence-corrected chi connectivity index (χ3v) is 3.62. The van der Waals surface area contributed by atoms with Gasteiger partial charge >= 0.3 is 5.97 Å². The molecule has 1 heterocycles. The number of ether oxygens (including phenoxy) is 1. The third kappa shape index (κ3) is 4.44. The molecule has 3 rings (SSSR count). The highest BCUT2D eigenvalue weighted by molar-refractivity contribution is 6.03. The number of amides is 1. The normalized spacial score (nSPS) is 10.2. The van der Waals surface area contributed by atoms with Gasteiger partial charge in [-0.1, -0.05) is 6.07 Å². The Morgan fingerprint density at radius 2 is 1.86 bits per heavy atom. The number of halogens is 2. The molecule has 2 aromatic carbocycles. The molecular formula is C19H14F2N4O3. The molecule has 3 aromatic rings. The van der Waals surface area contributed by atoms with Crippen LogP contribution in [0, 0.1) is 11.6 Å². The van der Waals surface area contributed by atoms with Crippen LogP contribution < -0.4 is 10.6 Å². The van der Waals surface area contributed by atoms with Crippen molar-refractivity contribution in [1.29, 1.82) is 0 Å². The average Bonchev–Trinajstić information content (AvgIpc) is 2.70. The number of nitrogens with zero attached hydrogens (tertiary/aromatic N) is 2. The van der Waals surface area contributed by atoms with Crippen LogP contribution in [0.25, 0.3) is 0 Å². The zero-order chi connectivity index (χ0) is 20.1. The summed E-state index contributed by atoms with van der Waals surface area (Å²) in [6, 6.07) is 9.27. The number of methoxy groups -OCH3 is 1. The van der Waals surface area contributed by atoms with Gasteiger partial charge in [0, 0.05) is 11.8 Å². The second-order valence-electron chi connectivity index (χ2n) is 5.56. The van der Waals surface area contributed by atoms with Crippen molar-refractivity contribution in [2.45, 2.75) is 0 Å². The molecular weight excluding hydrogens is 370 g/mol. The summed E-state index contributed by atoms with van der Waals surface area (Å²) in [5.41, 5.74) is 0.693. The number of anilines is 3. The number of hydrogen-bond acceptors (Lipinski definition) is 6. The molecule has 7 nitrogen and oxygen atoms in total.